The number of rotatable bonds is 10. The molecule has 1 aromatic carbocycles. The van der Waals surface area contributed by atoms with Gasteiger partial charge in [-0.2, -0.15) is 0 Å². The van der Waals surface area contributed by atoms with Gasteiger partial charge in [-0.3, -0.25) is 4.79 Å². The highest BCUT2D eigenvalue weighted by molar-refractivity contribution is 5.85. The summed E-state index contributed by atoms with van der Waals surface area (Å²) in [6.07, 6.45) is 11.1. The molecular formula is C28H43N3O2. The SMILES string of the molecule is COCCCN(CC1CCCN2CCCCC12)C(=O)CCc1cn(C(C)C)c2ccccc12. The van der Waals surface area contributed by atoms with Crippen molar-refractivity contribution in [3.05, 3.63) is 36.0 Å². The van der Waals surface area contributed by atoms with E-state index in [2.05, 4.69) is 58.7 Å². The van der Waals surface area contributed by atoms with E-state index in [0.29, 0.717) is 36.9 Å². The van der Waals surface area contributed by atoms with E-state index in [4.69, 9.17) is 4.74 Å². The molecule has 0 radical (unpaired) electrons. The summed E-state index contributed by atoms with van der Waals surface area (Å²) in [5.74, 6) is 0.925. The Morgan fingerprint density at radius 2 is 1.97 bits per heavy atom. The molecule has 2 atom stereocenters. The molecular weight excluding hydrogens is 410 g/mol. The van der Waals surface area contributed by atoms with Crippen molar-refractivity contribution in [3.63, 3.8) is 0 Å². The number of amides is 1. The van der Waals surface area contributed by atoms with Gasteiger partial charge in [-0.05, 0) is 83.0 Å². The zero-order valence-corrected chi connectivity index (χ0v) is 21.0. The fourth-order valence-corrected chi connectivity index (χ4v) is 6.09. The van der Waals surface area contributed by atoms with Crippen LogP contribution in [0.4, 0.5) is 0 Å². The minimum atomic E-state index is 0.306. The van der Waals surface area contributed by atoms with Crippen LogP contribution >= 0.6 is 0 Å². The number of hydrogen-bond donors (Lipinski definition) is 0. The van der Waals surface area contributed by atoms with E-state index in [1.165, 1.54) is 61.7 Å². The van der Waals surface area contributed by atoms with Crippen LogP contribution in [0, 0.1) is 5.92 Å². The number of hydrogen-bond acceptors (Lipinski definition) is 3. The standard InChI is InChI=1S/C28H43N3O2/c1-22(2)31-21-23(25-11-4-5-13-27(25)31)14-15-28(32)30(18-9-19-33-3)20-24-10-8-17-29-16-7-6-12-26(24)29/h4-5,11,13,21-22,24,26H,6-10,12,14-20H2,1-3H3. The molecule has 5 heteroatoms. The first-order chi connectivity index (χ1) is 16.1. The van der Waals surface area contributed by atoms with Gasteiger partial charge in [0, 0.05) is 62.4 Å². The Hall–Kier alpha value is -1.85. The molecule has 2 fully saturated rings. The summed E-state index contributed by atoms with van der Waals surface area (Å²) in [5.41, 5.74) is 2.56. The summed E-state index contributed by atoms with van der Waals surface area (Å²) in [6.45, 7) is 9.37. The molecule has 2 aromatic rings. The van der Waals surface area contributed by atoms with Crippen LogP contribution in [0.1, 0.15) is 70.4 Å². The lowest BCUT2D eigenvalue weighted by Crippen LogP contribution is -2.51. The number of nitrogens with zero attached hydrogens (tertiary/aromatic N) is 3. The molecule has 0 spiro atoms. The van der Waals surface area contributed by atoms with E-state index in [9.17, 15) is 4.79 Å². The third kappa shape index (κ3) is 5.81. The fourth-order valence-electron chi connectivity index (χ4n) is 6.09. The quantitative estimate of drug-likeness (QED) is 0.459. The lowest BCUT2D eigenvalue weighted by Gasteiger charge is -2.45. The Bertz CT molecular complexity index is 904. The van der Waals surface area contributed by atoms with Crippen LogP contribution in [-0.4, -0.2) is 66.2 Å². The smallest absolute Gasteiger partial charge is 0.222 e. The second kappa shape index (κ2) is 11.5. The molecule has 3 heterocycles. The van der Waals surface area contributed by atoms with E-state index in [0.717, 1.165) is 25.9 Å². The number of aromatic nitrogens is 1. The highest BCUT2D eigenvalue weighted by Crippen LogP contribution is 2.32. The van der Waals surface area contributed by atoms with Gasteiger partial charge in [-0.25, -0.2) is 0 Å². The van der Waals surface area contributed by atoms with Gasteiger partial charge in [0.25, 0.3) is 0 Å². The van der Waals surface area contributed by atoms with Crippen molar-refractivity contribution in [3.8, 4) is 0 Å². The summed E-state index contributed by atoms with van der Waals surface area (Å²) in [5, 5.41) is 1.29. The van der Waals surface area contributed by atoms with Gasteiger partial charge in [0.15, 0.2) is 0 Å². The Labute approximate surface area is 200 Å². The molecule has 0 N–H and O–H groups in total. The number of methoxy groups -OCH3 is 1. The first-order valence-corrected chi connectivity index (χ1v) is 13.2. The zero-order valence-electron chi connectivity index (χ0n) is 21.0. The third-order valence-corrected chi connectivity index (χ3v) is 7.80. The van der Waals surface area contributed by atoms with Crippen molar-refractivity contribution in [2.45, 2.75) is 77.3 Å². The molecule has 2 saturated heterocycles. The summed E-state index contributed by atoms with van der Waals surface area (Å²) < 4.78 is 7.64. The van der Waals surface area contributed by atoms with Crippen LogP contribution in [0.25, 0.3) is 10.9 Å². The van der Waals surface area contributed by atoms with Gasteiger partial charge in [-0.15, -0.1) is 0 Å². The number of aryl methyl sites for hydroxylation is 1. The lowest BCUT2D eigenvalue weighted by atomic mass is 9.83. The van der Waals surface area contributed by atoms with Gasteiger partial charge in [0.05, 0.1) is 0 Å². The van der Waals surface area contributed by atoms with Crippen LogP contribution in [0.3, 0.4) is 0 Å². The number of para-hydroxylation sites is 1. The van der Waals surface area contributed by atoms with Crippen molar-refractivity contribution < 1.29 is 9.53 Å². The van der Waals surface area contributed by atoms with Crippen LogP contribution in [-0.2, 0) is 16.0 Å². The zero-order chi connectivity index (χ0) is 23.2. The van der Waals surface area contributed by atoms with Crippen LogP contribution in [0.2, 0.25) is 0 Å². The molecule has 0 saturated carbocycles. The van der Waals surface area contributed by atoms with E-state index < -0.39 is 0 Å². The van der Waals surface area contributed by atoms with Crippen molar-refractivity contribution in [1.29, 1.82) is 0 Å². The minimum Gasteiger partial charge on any atom is -0.385 e. The minimum absolute atomic E-state index is 0.306. The second-order valence-corrected chi connectivity index (χ2v) is 10.4. The highest BCUT2D eigenvalue weighted by Gasteiger charge is 2.34. The average molecular weight is 454 g/mol. The molecule has 5 nitrogen and oxygen atoms in total. The Morgan fingerprint density at radius 1 is 1.15 bits per heavy atom. The number of carbonyl (C=O) groups is 1. The normalized spacial score (nSPS) is 21.5. The van der Waals surface area contributed by atoms with Gasteiger partial charge in [0.1, 0.15) is 0 Å². The van der Waals surface area contributed by atoms with Crippen molar-refractivity contribution in [2.24, 2.45) is 5.92 Å². The fraction of sp³-hybridized carbons (Fsp3) is 0.679. The van der Waals surface area contributed by atoms with Crippen LogP contribution in [0.5, 0.6) is 0 Å². The van der Waals surface area contributed by atoms with Gasteiger partial charge in [0.2, 0.25) is 5.91 Å². The van der Waals surface area contributed by atoms with Crippen LogP contribution in [0.15, 0.2) is 30.5 Å². The van der Waals surface area contributed by atoms with E-state index in [1.807, 2.05) is 0 Å². The molecule has 2 aliphatic rings. The number of carbonyl (C=O) groups excluding carboxylic acids is 1. The number of piperidine rings is 2. The third-order valence-electron chi connectivity index (χ3n) is 7.80. The molecule has 33 heavy (non-hydrogen) atoms. The topological polar surface area (TPSA) is 37.7 Å². The summed E-state index contributed by atoms with van der Waals surface area (Å²) in [4.78, 5) is 18.4. The molecule has 1 aromatic heterocycles. The number of ether oxygens (including phenoxy) is 1. The van der Waals surface area contributed by atoms with Crippen LogP contribution < -0.4 is 0 Å². The number of benzene rings is 1. The Kier molecular flexibility index (Phi) is 8.48. The van der Waals surface area contributed by atoms with Crippen molar-refractivity contribution in [1.82, 2.24) is 14.4 Å². The maximum atomic E-state index is 13.5. The van der Waals surface area contributed by atoms with E-state index >= 15 is 0 Å². The monoisotopic (exact) mass is 453 g/mol. The first-order valence-electron chi connectivity index (χ1n) is 13.2. The predicted octanol–water partition coefficient (Wildman–Crippen LogP) is 5.28. The lowest BCUT2D eigenvalue weighted by molar-refractivity contribution is -0.132. The van der Waals surface area contributed by atoms with Gasteiger partial charge >= 0.3 is 0 Å². The summed E-state index contributed by atoms with van der Waals surface area (Å²) in [6, 6.07) is 9.69. The largest absolute Gasteiger partial charge is 0.385 e. The van der Waals surface area contributed by atoms with E-state index in [1.54, 1.807) is 7.11 Å². The molecule has 2 aliphatic heterocycles. The summed E-state index contributed by atoms with van der Waals surface area (Å²) in [7, 11) is 1.75. The second-order valence-electron chi connectivity index (χ2n) is 10.4. The van der Waals surface area contributed by atoms with Crippen molar-refractivity contribution in [2.75, 3.05) is 39.9 Å². The molecule has 4 rings (SSSR count). The number of fused-ring (bicyclic) bond motifs is 2. The molecule has 1 amide bonds. The molecule has 2 unspecified atom stereocenters. The molecule has 0 bridgehead atoms. The van der Waals surface area contributed by atoms with Crippen molar-refractivity contribution >= 4 is 16.8 Å². The Balaban J connectivity index is 1.44. The summed E-state index contributed by atoms with van der Waals surface area (Å²) >= 11 is 0. The first kappa shape index (κ1) is 24.3. The molecule has 0 aliphatic carbocycles. The Morgan fingerprint density at radius 3 is 2.79 bits per heavy atom. The highest BCUT2D eigenvalue weighted by atomic mass is 16.5. The maximum absolute atomic E-state index is 13.5. The maximum Gasteiger partial charge on any atom is 0.222 e. The predicted molar refractivity (Wildman–Crippen MR) is 136 cm³/mol. The molecule has 182 valence electrons. The van der Waals surface area contributed by atoms with Gasteiger partial charge < -0.3 is 19.1 Å². The van der Waals surface area contributed by atoms with Gasteiger partial charge in [-0.1, -0.05) is 24.6 Å². The van der Waals surface area contributed by atoms with E-state index in [-0.39, 0.29) is 0 Å². The average Bonchev–Trinajstić information content (AvgIpc) is 3.21.